The predicted octanol–water partition coefficient (Wildman–Crippen LogP) is 5.46. The topological polar surface area (TPSA) is 17.1 Å². The lowest BCUT2D eigenvalue weighted by atomic mass is 9.98. The minimum atomic E-state index is 0.130. The second-order valence-electron chi connectivity index (χ2n) is 5.87. The van der Waals surface area contributed by atoms with Gasteiger partial charge in [0.1, 0.15) is 0 Å². The van der Waals surface area contributed by atoms with Gasteiger partial charge in [0.15, 0.2) is 5.78 Å². The minimum Gasteiger partial charge on any atom is -0.289 e. The molecule has 0 N–H and O–H groups in total. The predicted molar refractivity (Wildman–Crippen MR) is 95.3 cm³/mol. The molecular weight excluding hydrogens is 280 g/mol. The molecule has 0 saturated carbocycles. The Kier molecular flexibility index (Phi) is 3.20. The Morgan fingerprint density at radius 1 is 0.739 bits per heavy atom. The summed E-state index contributed by atoms with van der Waals surface area (Å²) in [4.78, 5) is 12.6. The van der Waals surface area contributed by atoms with Crippen LogP contribution in [0.5, 0.6) is 0 Å². The molecule has 4 rings (SSSR count). The van der Waals surface area contributed by atoms with Gasteiger partial charge in [-0.2, -0.15) is 0 Å². The molecule has 110 valence electrons. The third-order valence-electron chi connectivity index (χ3n) is 4.36. The average Bonchev–Trinajstić information content (AvgIpc) is 2.89. The number of hydrogen-bond donors (Lipinski definition) is 0. The van der Waals surface area contributed by atoms with Gasteiger partial charge >= 0.3 is 0 Å². The van der Waals surface area contributed by atoms with E-state index in [1.165, 1.54) is 5.56 Å². The lowest BCUT2D eigenvalue weighted by molar-refractivity contribution is 0.104. The van der Waals surface area contributed by atoms with Crippen LogP contribution in [0.4, 0.5) is 0 Å². The molecule has 23 heavy (non-hydrogen) atoms. The molecule has 3 aromatic carbocycles. The Morgan fingerprint density at radius 2 is 1.39 bits per heavy atom. The molecule has 0 unspecified atom stereocenters. The summed E-state index contributed by atoms with van der Waals surface area (Å²) in [5.41, 5.74) is 7.12. The normalized spacial score (nSPS) is 12.9. The van der Waals surface area contributed by atoms with Crippen molar-refractivity contribution in [3.05, 3.63) is 95.1 Å². The Bertz CT molecular complexity index is 933. The molecule has 0 atom stereocenters. The van der Waals surface area contributed by atoms with Crippen LogP contribution >= 0.6 is 0 Å². The van der Waals surface area contributed by atoms with Gasteiger partial charge in [0, 0.05) is 11.1 Å². The number of fused-ring (bicyclic) bond motifs is 3. The summed E-state index contributed by atoms with van der Waals surface area (Å²) in [6.07, 6.45) is 2.15. The Balaban J connectivity index is 1.78. The molecule has 0 aromatic heterocycles. The van der Waals surface area contributed by atoms with Gasteiger partial charge in [-0.15, -0.1) is 0 Å². The molecule has 0 aliphatic heterocycles. The molecule has 0 bridgehead atoms. The third-order valence-corrected chi connectivity index (χ3v) is 4.36. The van der Waals surface area contributed by atoms with Crippen molar-refractivity contribution in [2.24, 2.45) is 0 Å². The number of hydrogen-bond acceptors (Lipinski definition) is 1. The zero-order valence-corrected chi connectivity index (χ0v) is 12.9. The molecule has 0 fully saturated rings. The molecule has 1 nitrogen and oxygen atoms in total. The largest absolute Gasteiger partial charge is 0.289 e. The fraction of sp³-hybridized carbons (Fsp3) is 0.0455. The number of allylic oxidation sites excluding steroid dienone is 1. The van der Waals surface area contributed by atoms with E-state index >= 15 is 0 Å². The molecule has 3 aromatic rings. The fourth-order valence-corrected chi connectivity index (χ4v) is 3.16. The average molecular weight is 296 g/mol. The van der Waals surface area contributed by atoms with Crippen LogP contribution in [-0.4, -0.2) is 5.78 Å². The van der Waals surface area contributed by atoms with Crippen LogP contribution in [0.25, 0.3) is 22.8 Å². The van der Waals surface area contributed by atoms with Crippen LogP contribution in [0.3, 0.4) is 0 Å². The number of ketones is 1. The summed E-state index contributed by atoms with van der Waals surface area (Å²) < 4.78 is 0. The monoisotopic (exact) mass is 296 g/mol. The lowest BCUT2D eigenvalue weighted by Crippen LogP contribution is -1.95. The SMILES string of the molecule is C/C(=C\c1ccccc1)c1ccc2c(c1)C(=O)c1ccccc1-2. The smallest absolute Gasteiger partial charge is 0.194 e. The summed E-state index contributed by atoms with van der Waals surface area (Å²) >= 11 is 0. The van der Waals surface area contributed by atoms with Crippen molar-refractivity contribution >= 4 is 17.4 Å². The molecule has 0 saturated heterocycles. The van der Waals surface area contributed by atoms with Crippen LogP contribution in [-0.2, 0) is 0 Å². The highest BCUT2D eigenvalue weighted by atomic mass is 16.1. The molecule has 1 aliphatic carbocycles. The van der Waals surface area contributed by atoms with E-state index in [9.17, 15) is 4.79 Å². The third kappa shape index (κ3) is 2.31. The van der Waals surface area contributed by atoms with Gasteiger partial charge in [-0.05, 0) is 40.8 Å². The molecule has 1 aliphatic rings. The van der Waals surface area contributed by atoms with Gasteiger partial charge < -0.3 is 0 Å². The highest BCUT2D eigenvalue weighted by molar-refractivity contribution is 6.22. The van der Waals surface area contributed by atoms with E-state index in [2.05, 4.69) is 37.3 Å². The Morgan fingerprint density at radius 3 is 2.17 bits per heavy atom. The Hall–Kier alpha value is -2.93. The van der Waals surface area contributed by atoms with E-state index in [1.54, 1.807) is 0 Å². The van der Waals surface area contributed by atoms with Crippen molar-refractivity contribution in [1.29, 1.82) is 0 Å². The summed E-state index contributed by atoms with van der Waals surface area (Å²) in [6, 6.07) is 24.2. The van der Waals surface area contributed by atoms with Gasteiger partial charge in [0.05, 0.1) is 0 Å². The van der Waals surface area contributed by atoms with Crippen molar-refractivity contribution in [3.63, 3.8) is 0 Å². The van der Waals surface area contributed by atoms with Crippen LogP contribution in [0, 0.1) is 0 Å². The van der Waals surface area contributed by atoms with Gasteiger partial charge in [0.2, 0.25) is 0 Å². The maximum Gasteiger partial charge on any atom is 0.194 e. The maximum absolute atomic E-state index is 12.6. The number of benzene rings is 3. The van der Waals surface area contributed by atoms with Crippen molar-refractivity contribution in [2.45, 2.75) is 6.92 Å². The van der Waals surface area contributed by atoms with Gasteiger partial charge in [-0.1, -0.05) is 72.8 Å². The first kappa shape index (κ1) is 13.7. The van der Waals surface area contributed by atoms with Crippen LogP contribution < -0.4 is 0 Å². The second-order valence-corrected chi connectivity index (χ2v) is 5.87. The minimum absolute atomic E-state index is 0.130. The van der Waals surface area contributed by atoms with Crippen LogP contribution in [0.1, 0.15) is 34.0 Å². The van der Waals surface area contributed by atoms with E-state index in [0.717, 1.165) is 33.4 Å². The van der Waals surface area contributed by atoms with E-state index in [4.69, 9.17) is 0 Å². The first-order chi connectivity index (χ1) is 11.2. The highest BCUT2D eigenvalue weighted by Crippen LogP contribution is 2.37. The van der Waals surface area contributed by atoms with E-state index in [-0.39, 0.29) is 5.78 Å². The van der Waals surface area contributed by atoms with E-state index in [0.29, 0.717) is 0 Å². The molecular formula is C22H16O. The van der Waals surface area contributed by atoms with Crippen LogP contribution in [0.2, 0.25) is 0 Å². The first-order valence-electron chi connectivity index (χ1n) is 7.76. The number of carbonyl (C=O) groups excluding carboxylic acids is 1. The molecule has 0 radical (unpaired) electrons. The fourth-order valence-electron chi connectivity index (χ4n) is 3.16. The van der Waals surface area contributed by atoms with Crippen molar-refractivity contribution in [3.8, 4) is 11.1 Å². The lowest BCUT2D eigenvalue weighted by Gasteiger charge is -2.06. The summed E-state index contributed by atoms with van der Waals surface area (Å²) in [6.45, 7) is 2.08. The molecule has 0 amide bonds. The highest BCUT2D eigenvalue weighted by Gasteiger charge is 2.26. The van der Waals surface area contributed by atoms with Gasteiger partial charge in [0.25, 0.3) is 0 Å². The number of carbonyl (C=O) groups is 1. The van der Waals surface area contributed by atoms with Crippen molar-refractivity contribution < 1.29 is 4.79 Å². The standard InChI is InChI=1S/C22H16O/c1-15(13-16-7-3-2-4-8-16)17-11-12-19-18-9-5-6-10-20(18)22(23)21(19)14-17/h2-14H,1H3/b15-13+. The molecule has 0 spiro atoms. The molecule has 0 heterocycles. The first-order valence-corrected chi connectivity index (χ1v) is 7.76. The zero-order valence-electron chi connectivity index (χ0n) is 12.9. The van der Waals surface area contributed by atoms with Crippen LogP contribution in [0.15, 0.2) is 72.8 Å². The molecule has 1 heteroatoms. The van der Waals surface area contributed by atoms with Crippen molar-refractivity contribution in [1.82, 2.24) is 0 Å². The quantitative estimate of drug-likeness (QED) is 0.449. The van der Waals surface area contributed by atoms with E-state index in [1.807, 2.05) is 48.5 Å². The maximum atomic E-state index is 12.6. The van der Waals surface area contributed by atoms with Crippen molar-refractivity contribution in [2.75, 3.05) is 0 Å². The Labute approximate surface area is 135 Å². The summed E-state index contributed by atoms with van der Waals surface area (Å²) in [5, 5.41) is 0. The zero-order chi connectivity index (χ0) is 15.8. The van der Waals surface area contributed by atoms with Gasteiger partial charge in [-0.3, -0.25) is 4.79 Å². The number of rotatable bonds is 2. The summed E-state index contributed by atoms with van der Waals surface area (Å²) in [7, 11) is 0. The van der Waals surface area contributed by atoms with Gasteiger partial charge in [-0.25, -0.2) is 0 Å². The second kappa shape index (κ2) is 5.36. The summed E-state index contributed by atoms with van der Waals surface area (Å²) in [5.74, 6) is 0.130. The van der Waals surface area contributed by atoms with E-state index < -0.39 is 0 Å².